The molecule has 0 fully saturated rings. The molecule has 0 aromatic carbocycles. The molecule has 0 saturated heterocycles. The highest BCUT2D eigenvalue weighted by molar-refractivity contribution is 5.80. The largest absolute Gasteiger partial charge is 0.481 e. The van der Waals surface area contributed by atoms with Crippen LogP contribution in [0.5, 0.6) is 0 Å². The number of carboxylic acid groups (broad SMARTS) is 1. The summed E-state index contributed by atoms with van der Waals surface area (Å²) in [7, 11) is 0. The van der Waals surface area contributed by atoms with Crippen molar-refractivity contribution in [1.29, 1.82) is 0 Å². The Hall–Kier alpha value is -0.860. The molecule has 0 aromatic rings. The molecule has 3 heteroatoms. The van der Waals surface area contributed by atoms with Crippen molar-refractivity contribution >= 4 is 11.8 Å². The fraction of sp³-hybridized carbons (Fsp3) is 0.882. The highest BCUT2D eigenvalue weighted by Gasteiger charge is 2.05. The summed E-state index contributed by atoms with van der Waals surface area (Å²) in [5, 5.41) is 8.50. The minimum absolute atomic E-state index is 0.191. The third-order valence-corrected chi connectivity index (χ3v) is 3.71. The van der Waals surface area contributed by atoms with Gasteiger partial charge in [-0.2, -0.15) is 0 Å². The Morgan fingerprint density at radius 2 is 1.05 bits per heavy atom. The first-order valence-corrected chi connectivity index (χ1v) is 8.28. The van der Waals surface area contributed by atoms with E-state index in [9.17, 15) is 9.59 Å². The standard InChI is InChI=1S/C17H32O3/c1-15(2)16(18)13-11-9-7-5-3-4-6-8-10-12-14-17(19)20/h15H,3-14H2,1-2H3,(H,19,20). The summed E-state index contributed by atoms with van der Waals surface area (Å²) in [6, 6.07) is 0. The van der Waals surface area contributed by atoms with Crippen LogP contribution in [0.1, 0.15) is 90.9 Å². The summed E-state index contributed by atoms with van der Waals surface area (Å²) in [6.07, 6.45) is 12.6. The lowest BCUT2D eigenvalue weighted by Crippen LogP contribution is -2.05. The SMILES string of the molecule is CC(C)C(=O)CCCCCCCCCCCCC(=O)O. The molecule has 0 amide bonds. The summed E-state index contributed by atoms with van der Waals surface area (Å²) in [4.78, 5) is 21.7. The number of ketones is 1. The maximum absolute atomic E-state index is 11.4. The summed E-state index contributed by atoms with van der Waals surface area (Å²) in [6.45, 7) is 3.94. The monoisotopic (exact) mass is 284 g/mol. The van der Waals surface area contributed by atoms with Gasteiger partial charge >= 0.3 is 5.97 Å². The summed E-state index contributed by atoms with van der Waals surface area (Å²) >= 11 is 0. The van der Waals surface area contributed by atoms with E-state index in [0.29, 0.717) is 12.2 Å². The first-order valence-electron chi connectivity index (χ1n) is 8.28. The zero-order valence-electron chi connectivity index (χ0n) is 13.3. The first-order chi connectivity index (χ1) is 9.54. The normalized spacial score (nSPS) is 10.9. The number of hydrogen-bond acceptors (Lipinski definition) is 2. The number of aliphatic carboxylic acids is 1. The van der Waals surface area contributed by atoms with Crippen molar-refractivity contribution in [2.75, 3.05) is 0 Å². The molecule has 0 radical (unpaired) electrons. The van der Waals surface area contributed by atoms with Gasteiger partial charge in [-0.05, 0) is 12.8 Å². The van der Waals surface area contributed by atoms with Gasteiger partial charge in [-0.25, -0.2) is 0 Å². The Morgan fingerprint density at radius 3 is 1.40 bits per heavy atom. The number of carboxylic acids is 1. The fourth-order valence-corrected chi connectivity index (χ4v) is 2.28. The lowest BCUT2D eigenvalue weighted by atomic mass is 10.0. The zero-order valence-corrected chi connectivity index (χ0v) is 13.3. The lowest BCUT2D eigenvalue weighted by Gasteiger charge is -2.04. The van der Waals surface area contributed by atoms with Crippen LogP contribution in [0.15, 0.2) is 0 Å². The Balaban J connectivity index is 3.10. The van der Waals surface area contributed by atoms with Crippen LogP contribution in [0.2, 0.25) is 0 Å². The van der Waals surface area contributed by atoms with Gasteiger partial charge in [0.25, 0.3) is 0 Å². The topological polar surface area (TPSA) is 54.4 Å². The Labute approximate surface area is 124 Å². The fourth-order valence-electron chi connectivity index (χ4n) is 2.28. The van der Waals surface area contributed by atoms with Crippen molar-refractivity contribution in [3.05, 3.63) is 0 Å². The van der Waals surface area contributed by atoms with E-state index in [-0.39, 0.29) is 5.92 Å². The average molecular weight is 284 g/mol. The van der Waals surface area contributed by atoms with Crippen LogP contribution >= 0.6 is 0 Å². The number of carbonyl (C=O) groups is 2. The van der Waals surface area contributed by atoms with E-state index in [1.165, 1.54) is 38.5 Å². The van der Waals surface area contributed by atoms with E-state index in [2.05, 4.69) is 0 Å². The molecule has 0 heterocycles. The molecule has 3 nitrogen and oxygen atoms in total. The third kappa shape index (κ3) is 13.6. The van der Waals surface area contributed by atoms with Crippen LogP contribution < -0.4 is 0 Å². The lowest BCUT2D eigenvalue weighted by molar-refractivity contribution is -0.137. The van der Waals surface area contributed by atoms with E-state index >= 15 is 0 Å². The summed E-state index contributed by atoms with van der Waals surface area (Å²) in [5.41, 5.74) is 0. The molecule has 0 aliphatic carbocycles. The number of Topliss-reactive ketones (excluding diaryl/α,β-unsaturated/α-hetero) is 1. The predicted octanol–water partition coefficient (Wildman–Crippen LogP) is 4.98. The molecule has 0 aliphatic rings. The summed E-state index contributed by atoms with van der Waals surface area (Å²) in [5.74, 6) is -0.0940. The Morgan fingerprint density at radius 1 is 0.700 bits per heavy atom. The second-order valence-corrected chi connectivity index (χ2v) is 6.05. The molecule has 1 N–H and O–H groups in total. The van der Waals surface area contributed by atoms with Crippen molar-refractivity contribution in [2.45, 2.75) is 90.9 Å². The van der Waals surface area contributed by atoms with Crippen molar-refractivity contribution in [3.63, 3.8) is 0 Å². The predicted molar refractivity (Wildman–Crippen MR) is 82.9 cm³/mol. The van der Waals surface area contributed by atoms with Gasteiger partial charge in [-0.1, -0.05) is 65.2 Å². The molecule has 0 rings (SSSR count). The Kier molecular flexibility index (Phi) is 12.6. The van der Waals surface area contributed by atoms with Crippen LogP contribution in [0.25, 0.3) is 0 Å². The molecule has 0 unspecified atom stereocenters. The van der Waals surface area contributed by atoms with Crippen LogP contribution in [-0.4, -0.2) is 16.9 Å². The minimum atomic E-state index is -0.680. The van der Waals surface area contributed by atoms with Crippen LogP contribution in [0.4, 0.5) is 0 Å². The molecule has 0 aliphatic heterocycles. The number of rotatable bonds is 14. The molecule has 0 atom stereocenters. The van der Waals surface area contributed by atoms with E-state index in [1.54, 1.807) is 0 Å². The molecule has 20 heavy (non-hydrogen) atoms. The molecule has 0 bridgehead atoms. The van der Waals surface area contributed by atoms with Gasteiger partial charge in [0, 0.05) is 18.8 Å². The minimum Gasteiger partial charge on any atom is -0.481 e. The second kappa shape index (κ2) is 13.1. The van der Waals surface area contributed by atoms with E-state index < -0.39 is 5.97 Å². The highest BCUT2D eigenvalue weighted by atomic mass is 16.4. The molecular weight excluding hydrogens is 252 g/mol. The molecular formula is C17H32O3. The quantitative estimate of drug-likeness (QED) is 0.458. The van der Waals surface area contributed by atoms with Crippen molar-refractivity contribution < 1.29 is 14.7 Å². The van der Waals surface area contributed by atoms with Crippen LogP contribution in [0, 0.1) is 5.92 Å². The maximum Gasteiger partial charge on any atom is 0.303 e. The molecule has 0 saturated carbocycles. The smallest absolute Gasteiger partial charge is 0.303 e. The zero-order chi connectivity index (χ0) is 15.2. The molecule has 0 spiro atoms. The van der Waals surface area contributed by atoms with Crippen molar-refractivity contribution in [3.8, 4) is 0 Å². The van der Waals surface area contributed by atoms with E-state index in [0.717, 1.165) is 32.1 Å². The van der Waals surface area contributed by atoms with Crippen LogP contribution in [0.3, 0.4) is 0 Å². The summed E-state index contributed by atoms with van der Waals surface area (Å²) < 4.78 is 0. The van der Waals surface area contributed by atoms with Crippen molar-refractivity contribution in [2.24, 2.45) is 5.92 Å². The maximum atomic E-state index is 11.4. The van der Waals surface area contributed by atoms with E-state index in [1.807, 2.05) is 13.8 Å². The van der Waals surface area contributed by atoms with Gasteiger partial charge in [0.1, 0.15) is 5.78 Å². The number of unbranched alkanes of at least 4 members (excludes halogenated alkanes) is 9. The van der Waals surface area contributed by atoms with Gasteiger partial charge in [0.15, 0.2) is 0 Å². The van der Waals surface area contributed by atoms with Gasteiger partial charge in [0.2, 0.25) is 0 Å². The van der Waals surface area contributed by atoms with Crippen LogP contribution in [-0.2, 0) is 9.59 Å². The van der Waals surface area contributed by atoms with Gasteiger partial charge < -0.3 is 5.11 Å². The molecule has 118 valence electrons. The Bertz CT molecular complexity index is 259. The average Bonchev–Trinajstić information content (AvgIpc) is 2.39. The highest BCUT2D eigenvalue weighted by Crippen LogP contribution is 2.12. The molecule has 0 aromatic heterocycles. The van der Waals surface area contributed by atoms with Gasteiger partial charge in [0.05, 0.1) is 0 Å². The first kappa shape index (κ1) is 19.1. The number of hydrogen-bond donors (Lipinski definition) is 1. The van der Waals surface area contributed by atoms with E-state index in [4.69, 9.17) is 5.11 Å². The second-order valence-electron chi connectivity index (χ2n) is 6.05. The van der Waals surface area contributed by atoms with Gasteiger partial charge in [-0.15, -0.1) is 0 Å². The van der Waals surface area contributed by atoms with Crippen molar-refractivity contribution in [1.82, 2.24) is 0 Å². The third-order valence-electron chi connectivity index (χ3n) is 3.71. The van der Waals surface area contributed by atoms with Gasteiger partial charge in [-0.3, -0.25) is 9.59 Å². The number of carbonyl (C=O) groups excluding carboxylic acids is 1.